The van der Waals surface area contributed by atoms with E-state index in [1.54, 1.807) is 12.1 Å². The molecular weight excluding hydrogens is 358 g/mol. The van der Waals surface area contributed by atoms with E-state index in [-0.39, 0.29) is 18.2 Å². The van der Waals surface area contributed by atoms with Crippen LogP contribution < -0.4 is 10.9 Å². The molecule has 0 fully saturated rings. The van der Waals surface area contributed by atoms with Gasteiger partial charge in [0.05, 0.1) is 12.1 Å². The van der Waals surface area contributed by atoms with Crippen molar-refractivity contribution in [2.45, 2.75) is 26.7 Å². The zero-order valence-corrected chi connectivity index (χ0v) is 16.1. The zero-order chi connectivity index (χ0) is 19.2. The summed E-state index contributed by atoms with van der Waals surface area (Å²) in [5.41, 5.74) is 9.42. The maximum Gasteiger partial charge on any atom is 0.269 e. The second-order valence-electron chi connectivity index (χ2n) is 6.24. The number of hydrogen-bond acceptors (Lipinski definition) is 4. The molecule has 0 aliphatic rings. The number of carbonyl (C=O) groups excluding carboxylic acids is 2. The molecule has 1 heterocycles. The number of benzene rings is 2. The van der Waals surface area contributed by atoms with Crippen LogP contribution in [0.5, 0.6) is 0 Å². The first-order valence-corrected chi connectivity index (χ1v) is 9.62. The van der Waals surface area contributed by atoms with E-state index in [1.807, 2.05) is 42.6 Å². The molecule has 0 radical (unpaired) electrons. The largest absolute Gasteiger partial charge is 0.273 e. The number of aryl methyl sites for hydroxylation is 2. The number of rotatable bonds is 5. The maximum atomic E-state index is 12.1. The molecule has 6 heteroatoms. The van der Waals surface area contributed by atoms with Gasteiger partial charge < -0.3 is 0 Å². The predicted molar refractivity (Wildman–Crippen MR) is 107 cm³/mol. The Bertz CT molecular complexity index is 948. The van der Waals surface area contributed by atoms with Crippen molar-refractivity contribution in [3.8, 4) is 10.6 Å². The Hall–Kier alpha value is -2.99. The average Bonchev–Trinajstić information content (AvgIpc) is 3.14. The summed E-state index contributed by atoms with van der Waals surface area (Å²) < 4.78 is 0. The lowest BCUT2D eigenvalue weighted by Gasteiger charge is -2.07. The van der Waals surface area contributed by atoms with Crippen LogP contribution in [0.25, 0.3) is 10.6 Å². The van der Waals surface area contributed by atoms with Crippen molar-refractivity contribution in [2.24, 2.45) is 0 Å². The summed E-state index contributed by atoms with van der Waals surface area (Å²) in [5.74, 6) is -0.653. The van der Waals surface area contributed by atoms with Gasteiger partial charge in [-0.15, -0.1) is 11.3 Å². The van der Waals surface area contributed by atoms with E-state index in [0.29, 0.717) is 11.3 Å². The van der Waals surface area contributed by atoms with Crippen molar-refractivity contribution < 1.29 is 9.59 Å². The Kier molecular flexibility index (Phi) is 5.98. The van der Waals surface area contributed by atoms with E-state index < -0.39 is 0 Å². The smallest absolute Gasteiger partial charge is 0.269 e. The van der Waals surface area contributed by atoms with Gasteiger partial charge in [0.1, 0.15) is 5.01 Å². The summed E-state index contributed by atoms with van der Waals surface area (Å²) in [5, 5.41) is 2.74. The highest BCUT2D eigenvalue weighted by Gasteiger charge is 2.11. The van der Waals surface area contributed by atoms with Gasteiger partial charge in [0, 0.05) is 16.5 Å². The molecule has 0 atom stereocenters. The normalized spacial score (nSPS) is 10.4. The average molecular weight is 379 g/mol. The van der Waals surface area contributed by atoms with Crippen LogP contribution in [0.3, 0.4) is 0 Å². The first-order chi connectivity index (χ1) is 13.0. The van der Waals surface area contributed by atoms with Crippen molar-refractivity contribution in [2.75, 3.05) is 0 Å². The van der Waals surface area contributed by atoms with Gasteiger partial charge >= 0.3 is 0 Å². The van der Waals surface area contributed by atoms with Gasteiger partial charge in [0.15, 0.2) is 0 Å². The fourth-order valence-corrected chi connectivity index (χ4v) is 3.41. The lowest BCUT2D eigenvalue weighted by Crippen LogP contribution is -2.42. The number of amides is 2. The molecule has 2 amide bonds. The molecule has 1 aromatic heterocycles. The summed E-state index contributed by atoms with van der Waals surface area (Å²) in [6.45, 7) is 4.09. The highest BCUT2D eigenvalue weighted by Crippen LogP contribution is 2.24. The van der Waals surface area contributed by atoms with Crippen LogP contribution in [0, 0.1) is 6.92 Å². The van der Waals surface area contributed by atoms with Gasteiger partial charge in [-0.1, -0.05) is 42.8 Å². The summed E-state index contributed by atoms with van der Waals surface area (Å²) in [6, 6.07) is 15.4. The third-order valence-corrected chi connectivity index (χ3v) is 5.04. The minimum Gasteiger partial charge on any atom is -0.273 e. The molecule has 0 spiro atoms. The van der Waals surface area contributed by atoms with Crippen molar-refractivity contribution >= 4 is 23.2 Å². The van der Waals surface area contributed by atoms with Crippen LogP contribution in [0.1, 0.15) is 34.1 Å². The molecular formula is C21H21N3O2S. The molecule has 2 aromatic carbocycles. The van der Waals surface area contributed by atoms with E-state index in [2.05, 4.69) is 28.8 Å². The van der Waals surface area contributed by atoms with Crippen molar-refractivity contribution in [3.63, 3.8) is 0 Å². The highest BCUT2D eigenvalue weighted by atomic mass is 32.1. The summed E-state index contributed by atoms with van der Waals surface area (Å²) in [7, 11) is 0. The molecule has 0 unspecified atom stereocenters. The highest BCUT2D eigenvalue weighted by molar-refractivity contribution is 7.13. The van der Waals surface area contributed by atoms with Gasteiger partial charge in [-0.3, -0.25) is 20.4 Å². The molecule has 27 heavy (non-hydrogen) atoms. The Morgan fingerprint density at radius 3 is 2.56 bits per heavy atom. The molecule has 2 N–H and O–H groups in total. The number of hydrogen-bond donors (Lipinski definition) is 2. The Morgan fingerprint density at radius 2 is 1.85 bits per heavy atom. The summed E-state index contributed by atoms with van der Waals surface area (Å²) >= 11 is 1.50. The fraction of sp³-hybridized carbons (Fsp3) is 0.190. The molecule has 3 aromatic rings. The minimum atomic E-state index is -0.343. The Balaban J connectivity index is 1.54. The molecule has 5 nitrogen and oxygen atoms in total. The number of carbonyl (C=O) groups is 2. The number of nitrogens with zero attached hydrogens (tertiary/aromatic N) is 1. The van der Waals surface area contributed by atoms with Crippen LogP contribution in [0.4, 0.5) is 0 Å². The van der Waals surface area contributed by atoms with Gasteiger partial charge in [0.25, 0.3) is 5.91 Å². The third-order valence-electron chi connectivity index (χ3n) is 4.10. The van der Waals surface area contributed by atoms with Gasteiger partial charge in [-0.05, 0) is 37.1 Å². The monoisotopic (exact) mass is 379 g/mol. The molecule has 0 bridgehead atoms. The third kappa shape index (κ3) is 5.01. The molecule has 0 saturated heterocycles. The lowest BCUT2D eigenvalue weighted by atomic mass is 10.1. The van der Waals surface area contributed by atoms with E-state index in [4.69, 9.17) is 0 Å². The lowest BCUT2D eigenvalue weighted by molar-refractivity contribution is -0.121. The van der Waals surface area contributed by atoms with Gasteiger partial charge in [-0.2, -0.15) is 0 Å². The molecule has 138 valence electrons. The van der Waals surface area contributed by atoms with Crippen molar-refractivity contribution in [1.82, 2.24) is 15.8 Å². The van der Waals surface area contributed by atoms with Crippen LogP contribution in [0.2, 0.25) is 0 Å². The van der Waals surface area contributed by atoms with Crippen LogP contribution >= 0.6 is 11.3 Å². The standard InChI is InChI=1S/C21H21N3O2S/c1-3-15-7-9-16(10-8-15)20(26)24-23-19(25)12-18-13-27-21(22-18)17-6-4-5-14(2)11-17/h4-11,13H,3,12H2,1-2H3,(H,23,25)(H,24,26). The number of hydrazine groups is 1. The first kappa shape index (κ1) is 18.8. The second kappa shape index (κ2) is 8.60. The number of aromatic nitrogens is 1. The molecule has 3 rings (SSSR count). The van der Waals surface area contributed by atoms with E-state index in [9.17, 15) is 9.59 Å². The second-order valence-corrected chi connectivity index (χ2v) is 7.10. The number of thiazole rings is 1. The van der Waals surface area contributed by atoms with Gasteiger partial charge in [-0.25, -0.2) is 4.98 Å². The van der Waals surface area contributed by atoms with E-state index >= 15 is 0 Å². The maximum absolute atomic E-state index is 12.1. The zero-order valence-electron chi connectivity index (χ0n) is 15.3. The van der Waals surface area contributed by atoms with Crippen molar-refractivity contribution in [1.29, 1.82) is 0 Å². The minimum absolute atomic E-state index is 0.109. The first-order valence-electron chi connectivity index (χ1n) is 8.74. The Morgan fingerprint density at radius 1 is 1.07 bits per heavy atom. The SMILES string of the molecule is CCc1ccc(C(=O)NNC(=O)Cc2csc(-c3cccc(C)c3)n2)cc1. The predicted octanol–water partition coefficient (Wildman–Crippen LogP) is 3.68. The summed E-state index contributed by atoms with van der Waals surface area (Å²) in [4.78, 5) is 28.7. The Labute approximate surface area is 162 Å². The summed E-state index contributed by atoms with van der Waals surface area (Å²) in [6.07, 6.45) is 1.02. The quantitative estimate of drug-likeness (QED) is 0.664. The van der Waals surface area contributed by atoms with Gasteiger partial charge in [0.2, 0.25) is 5.91 Å². The van der Waals surface area contributed by atoms with Crippen LogP contribution in [-0.4, -0.2) is 16.8 Å². The molecule has 0 aliphatic heterocycles. The number of nitrogens with one attached hydrogen (secondary N) is 2. The fourth-order valence-electron chi connectivity index (χ4n) is 2.60. The molecule has 0 aliphatic carbocycles. The van der Waals surface area contributed by atoms with E-state index in [1.165, 1.54) is 11.3 Å². The van der Waals surface area contributed by atoms with E-state index in [0.717, 1.165) is 28.1 Å². The van der Waals surface area contributed by atoms with Crippen LogP contribution in [-0.2, 0) is 17.6 Å². The van der Waals surface area contributed by atoms with Crippen molar-refractivity contribution in [3.05, 3.63) is 76.3 Å². The van der Waals surface area contributed by atoms with Crippen LogP contribution in [0.15, 0.2) is 53.9 Å². The molecule has 0 saturated carbocycles. The topological polar surface area (TPSA) is 71.1 Å².